The van der Waals surface area contributed by atoms with E-state index in [1.807, 2.05) is 12.3 Å². The second-order valence-corrected chi connectivity index (χ2v) is 4.63. The smallest absolute Gasteiger partial charge is 0.142 e. The molecule has 0 bridgehead atoms. The summed E-state index contributed by atoms with van der Waals surface area (Å²) in [6, 6.07) is 2.04. The average molecular weight is 231 g/mol. The van der Waals surface area contributed by atoms with Crippen LogP contribution >= 0.6 is 0 Å². The minimum Gasteiger partial charge on any atom is -0.356 e. The van der Waals surface area contributed by atoms with Crippen LogP contribution < -0.4 is 10.6 Å². The van der Waals surface area contributed by atoms with E-state index < -0.39 is 0 Å². The van der Waals surface area contributed by atoms with Crippen LogP contribution in [0.3, 0.4) is 0 Å². The molecule has 0 unspecified atom stereocenters. The van der Waals surface area contributed by atoms with Crippen molar-refractivity contribution in [2.45, 2.75) is 12.8 Å². The first-order valence-corrected chi connectivity index (χ1v) is 6.11. The second-order valence-electron chi connectivity index (χ2n) is 4.63. The quantitative estimate of drug-likeness (QED) is 0.813. The van der Waals surface area contributed by atoms with Crippen molar-refractivity contribution in [3.63, 3.8) is 0 Å². The van der Waals surface area contributed by atoms with Crippen molar-refractivity contribution >= 4 is 16.9 Å². The fourth-order valence-corrected chi connectivity index (χ4v) is 2.56. The fourth-order valence-electron chi connectivity index (χ4n) is 2.56. The van der Waals surface area contributed by atoms with Crippen molar-refractivity contribution in [1.82, 2.24) is 15.0 Å². The van der Waals surface area contributed by atoms with Crippen molar-refractivity contribution in [2.75, 3.05) is 24.5 Å². The number of piperidine rings is 1. The van der Waals surface area contributed by atoms with Crippen molar-refractivity contribution in [2.24, 2.45) is 11.7 Å². The molecule has 3 N–H and O–H groups in total. The number of rotatable bonds is 2. The molecule has 1 fully saturated rings. The minimum absolute atomic E-state index is 0.590. The molecule has 0 spiro atoms. The summed E-state index contributed by atoms with van der Waals surface area (Å²) in [6.07, 6.45) is 5.96. The first-order chi connectivity index (χ1) is 8.38. The number of H-pyrrole nitrogens is 1. The van der Waals surface area contributed by atoms with E-state index in [4.69, 9.17) is 5.73 Å². The Balaban J connectivity index is 1.94. The summed E-state index contributed by atoms with van der Waals surface area (Å²) in [6.45, 7) is 2.83. The number of hydrogen-bond acceptors (Lipinski definition) is 4. The normalized spacial score (nSPS) is 21.0. The average Bonchev–Trinajstić information content (AvgIpc) is 2.87. The molecule has 2 aromatic rings. The van der Waals surface area contributed by atoms with Gasteiger partial charge in [0.2, 0.25) is 0 Å². The number of nitrogens with zero attached hydrogens (tertiary/aromatic N) is 3. The van der Waals surface area contributed by atoms with Gasteiger partial charge in [-0.2, -0.15) is 0 Å². The first kappa shape index (κ1) is 10.5. The Labute approximate surface area is 100 Å². The molecule has 0 radical (unpaired) electrons. The maximum absolute atomic E-state index is 5.77. The second kappa shape index (κ2) is 4.33. The highest BCUT2D eigenvalue weighted by Crippen LogP contribution is 2.26. The molecule has 0 aliphatic carbocycles. The number of nitrogens with two attached hydrogens (primary N) is 1. The lowest BCUT2D eigenvalue weighted by Gasteiger charge is -2.33. The molecule has 17 heavy (non-hydrogen) atoms. The molecule has 0 amide bonds. The van der Waals surface area contributed by atoms with Gasteiger partial charge in [0.1, 0.15) is 17.8 Å². The monoisotopic (exact) mass is 231 g/mol. The highest BCUT2D eigenvalue weighted by atomic mass is 15.2. The lowest BCUT2D eigenvalue weighted by molar-refractivity contribution is 0.422. The lowest BCUT2D eigenvalue weighted by atomic mass is 9.98. The molecular formula is C12H17N5. The zero-order valence-electron chi connectivity index (χ0n) is 9.76. The first-order valence-electron chi connectivity index (χ1n) is 6.11. The highest BCUT2D eigenvalue weighted by molar-refractivity contribution is 5.87. The predicted octanol–water partition coefficient (Wildman–Crippen LogP) is 1.13. The van der Waals surface area contributed by atoms with E-state index in [0.717, 1.165) is 36.5 Å². The van der Waals surface area contributed by atoms with Gasteiger partial charge in [-0.1, -0.05) is 0 Å². The number of fused-ring (bicyclic) bond motifs is 1. The maximum atomic E-state index is 5.77. The number of hydrogen-bond donors (Lipinski definition) is 2. The summed E-state index contributed by atoms with van der Waals surface area (Å²) in [7, 11) is 0. The van der Waals surface area contributed by atoms with Gasteiger partial charge < -0.3 is 15.6 Å². The third kappa shape index (κ3) is 1.86. The van der Waals surface area contributed by atoms with Gasteiger partial charge in [-0.15, -0.1) is 0 Å². The molecule has 5 heteroatoms. The zero-order chi connectivity index (χ0) is 11.7. The van der Waals surface area contributed by atoms with Crippen LogP contribution in [0, 0.1) is 5.92 Å². The molecule has 1 saturated heterocycles. The van der Waals surface area contributed by atoms with Gasteiger partial charge in [0.15, 0.2) is 0 Å². The van der Waals surface area contributed by atoms with Crippen LogP contribution in [0.25, 0.3) is 11.0 Å². The van der Waals surface area contributed by atoms with E-state index in [9.17, 15) is 0 Å². The van der Waals surface area contributed by atoms with Crippen LogP contribution in [0.4, 0.5) is 5.82 Å². The summed E-state index contributed by atoms with van der Waals surface area (Å²) >= 11 is 0. The molecule has 2 aromatic heterocycles. The Morgan fingerprint density at radius 1 is 1.47 bits per heavy atom. The summed E-state index contributed by atoms with van der Waals surface area (Å²) in [5.41, 5.74) is 6.68. The standard InChI is InChI=1S/C12H17N5/c13-6-9-2-1-5-17(7-9)12-10-3-4-14-11(10)15-8-16-12/h3-4,8-9H,1-2,5-7,13H2,(H,14,15,16)/t9-/m0/s1. The lowest BCUT2D eigenvalue weighted by Crippen LogP contribution is -2.38. The van der Waals surface area contributed by atoms with Crippen molar-refractivity contribution < 1.29 is 0 Å². The van der Waals surface area contributed by atoms with Gasteiger partial charge >= 0.3 is 0 Å². The van der Waals surface area contributed by atoms with Gasteiger partial charge in [-0.25, -0.2) is 9.97 Å². The Bertz CT molecular complexity index is 506. The predicted molar refractivity (Wildman–Crippen MR) is 67.9 cm³/mol. The SMILES string of the molecule is NC[C@@H]1CCCN(c2ncnc3[nH]ccc23)C1. The van der Waals surface area contributed by atoms with E-state index >= 15 is 0 Å². The van der Waals surface area contributed by atoms with E-state index in [1.54, 1.807) is 6.33 Å². The third-order valence-corrected chi connectivity index (χ3v) is 3.48. The molecule has 1 aliphatic rings. The molecule has 90 valence electrons. The van der Waals surface area contributed by atoms with E-state index in [-0.39, 0.29) is 0 Å². The van der Waals surface area contributed by atoms with Crippen LogP contribution in [-0.2, 0) is 0 Å². The van der Waals surface area contributed by atoms with Crippen molar-refractivity contribution in [3.8, 4) is 0 Å². The third-order valence-electron chi connectivity index (χ3n) is 3.48. The van der Waals surface area contributed by atoms with Gasteiger partial charge in [0.25, 0.3) is 0 Å². The summed E-state index contributed by atoms with van der Waals surface area (Å²) in [4.78, 5) is 14.1. The summed E-state index contributed by atoms with van der Waals surface area (Å²) in [5, 5.41) is 1.10. The van der Waals surface area contributed by atoms with E-state index in [1.165, 1.54) is 12.8 Å². The molecule has 5 nitrogen and oxygen atoms in total. The number of anilines is 1. The Morgan fingerprint density at radius 2 is 2.41 bits per heavy atom. The van der Waals surface area contributed by atoms with E-state index in [0.29, 0.717) is 5.92 Å². The maximum Gasteiger partial charge on any atom is 0.142 e. The van der Waals surface area contributed by atoms with Gasteiger partial charge in [0, 0.05) is 19.3 Å². The number of aromatic nitrogens is 3. The number of nitrogens with one attached hydrogen (secondary N) is 1. The molecular weight excluding hydrogens is 214 g/mol. The van der Waals surface area contributed by atoms with Gasteiger partial charge in [0.05, 0.1) is 5.39 Å². The summed E-state index contributed by atoms with van der Waals surface area (Å²) in [5.74, 6) is 1.63. The van der Waals surface area contributed by atoms with Crippen molar-refractivity contribution in [1.29, 1.82) is 0 Å². The summed E-state index contributed by atoms with van der Waals surface area (Å²) < 4.78 is 0. The topological polar surface area (TPSA) is 70.8 Å². The number of aromatic amines is 1. The fraction of sp³-hybridized carbons (Fsp3) is 0.500. The van der Waals surface area contributed by atoms with Crippen LogP contribution in [0.1, 0.15) is 12.8 Å². The van der Waals surface area contributed by atoms with Crippen LogP contribution in [0.15, 0.2) is 18.6 Å². The molecule has 1 atom stereocenters. The Hall–Kier alpha value is -1.62. The van der Waals surface area contributed by atoms with Crippen molar-refractivity contribution in [3.05, 3.63) is 18.6 Å². The zero-order valence-corrected chi connectivity index (χ0v) is 9.76. The highest BCUT2D eigenvalue weighted by Gasteiger charge is 2.21. The molecule has 3 rings (SSSR count). The molecule has 0 saturated carbocycles. The molecule has 0 aromatic carbocycles. The van der Waals surface area contributed by atoms with Crippen LogP contribution in [0.5, 0.6) is 0 Å². The van der Waals surface area contributed by atoms with Gasteiger partial charge in [-0.3, -0.25) is 0 Å². The van der Waals surface area contributed by atoms with Crippen LogP contribution in [0.2, 0.25) is 0 Å². The molecule has 3 heterocycles. The Morgan fingerprint density at radius 3 is 3.29 bits per heavy atom. The van der Waals surface area contributed by atoms with E-state index in [2.05, 4.69) is 19.9 Å². The molecule has 1 aliphatic heterocycles. The largest absolute Gasteiger partial charge is 0.356 e. The minimum atomic E-state index is 0.590. The Kier molecular flexibility index (Phi) is 2.68. The van der Waals surface area contributed by atoms with Crippen LogP contribution in [-0.4, -0.2) is 34.6 Å². The van der Waals surface area contributed by atoms with Gasteiger partial charge in [-0.05, 0) is 31.4 Å².